The largest absolute Gasteiger partial charge is 0.493 e. The van der Waals surface area contributed by atoms with Crippen molar-refractivity contribution < 1.29 is 14.2 Å². The Bertz CT molecular complexity index is 591. The van der Waals surface area contributed by atoms with E-state index in [4.69, 9.17) is 14.2 Å². The summed E-state index contributed by atoms with van der Waals surface area (Å²) in [6.07, 6.45) is 0. The molecule has 0 amide bonds. The highest BCUT2D eigenvalue weighted by molar-refractivity contribution is 9.10. The molecule has 0 spiro atoms. The van der Waals surface area contributed by atoms with E-state index in [0.717, 1.165) is 15.7 Å². The van der Waals surface area contributed by atoms with E-state index in [1.807, 2.05) is 36.4 Å². The second-order valence-electron chi connectivity index (χ2n) is 4.37. The number of ether oxygens (including phenoxy) is 3. The van der Waals surface area contributed by atoms with E-state index >= 15 is 0 Å². The van der Waals surface area contributed by atoms with Gasteiger partial charge in [0.05, 0.1) is 21.3 Å². The van der Waals surface area contributed by atoms with Crippen LogP contribution in [-0.4, -0.2) is 21.3 Å². The number of anilines is 1. The van der Waals surface area contributed by atoms with Crippen molar-refractivity contribution in [2.75, 3.05) is 26.6 Å². The molecular formula is C16H18BrNO3. The summed E-state index contributed by atoms with van der Waals surface area (Å²) >= 11 is 3.52. The molecule has 5 heteroatoms. The quantitative estimate of drug-likeness (QED) is 0.850. The van der Waals surface area contributed by atoms with Crippen LogP contribution in [0.4, 0.5) is 5.69 Å². The molecule has 0 aromatic heterocycles. The van der Waals surface area contributed by atoms with Crippen molar-refractivity contribution in [1.82, 2.24) is 0 Å². The highest BCUT2D eigenvalue weighted by Gasteiger charge is 2.13. The van der Waals surface area contributed by atoms with Crippen LogP contribution in [-0.2, 0) is 6.54 Å². The van der Waals surface area contributed by atoms with Gasteiger partial charge >= 0.3 is 0 Å². The molecule has 0 aliphatic heterocycles. The Kier molecular flexibility index (Phi) is 5.33. The molecule has 2 rings (SSSR count). The van der Waals surface area contributed by atoms with Gasteiger partial charge in [0.2, 0.25) is 5.75 Å². The molecule has 112 valence electrons. The van der Waals surface area contributed by atoms with Crippen LogP contribution in [0, 0.1) is 0 Å². The fourth-order valence-electron chi connectivity index (χ4n) is 2.04. The molecule has 0 aliphatic rings. The Morgan fingerprint density at radius 2 is 1.57 bits per heavy atom. The molecule has 4 nitrogen and oxygen atoms in total. The molecule has 0 heterocycles. The maximum absolute atomic E-state index is 5.35. The first kappa shape index (κ1) is 15.5. The van der Waals surface area contributed by atoms with Gasteiger partial charge in [0.25, 0.3) is 0 Å². The summed E-state index contributed by atoms with van der Waals surface area (Å²) < 4.78 is 17.0. The SMILES string of the molecule is COc1cc(CNc2ccccc2Br)cc(OC)c1OC. The van der Waals surface area contributed by atoms with E-state index in [1.165, 1.54) is 0 Å². The first-order chi connectivity index (χ1) is 10.2. The number of hydrogen-bond acceptors (Lipinski definition) is 4. The maximum Gasteiger partial charge on any atom is 0.203 e. The van der Waals surface area contributed by atoms with Gasteiger partial charge < -0.3 is 19.5 Å². The molecule has 21 heavy (non-hydrogen) atoms. The van der Waals surface area contributed by atoms with Gasteiger partial charge in [0, 0.05) is 16.7 Å². The van der Waals surface area contributed by atoms with Crippen LogP contribution >= 0.6 is 15.9 Å². The summed E-state index contributed by atoms with van der Waals surface area (Å²) in [6.45, 7) is 0.652. The molecule has 2 aromatic rings. The minimum Gasteiger partial charge on any atom is -0.493 e. The molecule has 0 radical (unpaired) electrons. The van der Waals surface area contributed by atoms with Gasteiger partial charge in [-0.2, -0.15) is 0 Å². The predicted octanol–water partition coefficient (Wildman–Crippen LogP) is 4.09. The molecule has 0 unspecified atom stereocenters. The van der Waals surface area contributed by atoms with Crippen molar-refractivity contribution in [1.29, 1.82) is 0 Å². The van der Waals surface area contributed by atoms with Crippen molar-refractivity contribution in [2.45, 2.75) is 6.54 Å². The zero-order valence-electron chi connectivity index (χ0n) is 12.3. The minimum absolute atomic E-state index is 0.602. The molecule has 0 saturated heterocycles. The van der Waals surface area contributed by atoms with Crippen LogP contribution in [0.25, 0.3) is 0 Å². The van der Waals surface area contributed by atoms with Crippen molar-refractivity contribution >= 4 is 21.6 Å². The van der Waals surface area contributed by atoms with E-state index in [-0.39, 0.29) is 0 Å². The Hall–Kier alpha value is -1.88. The highest BCUT2D eigenvalue weighted by atomic mass is 79.9. The van der Waals surface area contributed by atoms with E-state index in [0.29, 0.717) is 23.8 Å². The number of methoxy groups -OCH3 is 3. The van der Waals surface area contributed by atoms with Gasteiger partial charge in [0.1, 0.15) is 0 Å². The van der Waals surface area contributed by atoms with Gasteiger partial charge in [-0.05, 0) is 45.8 Å². The first-order valence-electron chi connectivity index (χ1n) is 6.47. The van der Waals surface area contributed by atoms with Gasteiger partial charge in [-0.1, -0.05) is 12.1 Å². The second-order valence-corrected chi connectivity index (χ2v) is 5.22. The number of nitrogens with one attached hydrogen (secondary N) is 1. The zero-order chi connectivity index (χ0) is 15.2. The van der Waals surface area contributed by atoms with E-state index in [9.17, 15) is 0 Å². The topological polar surface area (TPSA) is 39.7 Å². The first-order valence-corrected chi connectivity index (χ1v) is 7.26. The fraction of sp³-hybridized carbons (Fsp3) is 0.250. The van der Waals surface area contributed by atoms with Gasteiger partial charge in [-0.15, -0.1) is 0 Å². The Labute approximate surface area is 133 Å². The molecule has 1 N–H and O–H groups in total. The van der Waals surface area contributed by atoms with Gasteiger partial charge in [-0.3, -0.25) is 0 Å². The van der Waals surface area contributed by atoms with Crippen LogP contribution in [0.15, 0.2) is 40.9 Å². The van der Waals surface area contributed by atoms with Crippen molar-refractivity contribution in [2.24, 2.45) is 0 Å². The summed E-state index contributed by atoms with van der Waals surface area (Å²) in [5, 5.41) is 3.37. The van der Waals surface area contributed by atoms with Crippen LogP contribution in [0.2, 0.25) is 0 Å². The smallest absolute Gasteiger partial charge is 0.203 e. The molecule has 0 bridgehead atoms. The molecule has 0 aliphatic carbocycles. The predicted molar refractivity (Wildman–Crippen MR) is 87.6 cm³/mol. The molecule has 0 fully saturated rings. The van der Waals surface area contributed by atoms with E-state index < -0.39 is 0 Å². The third kappa shape index (κ3) is 3.61. The Balaban J connectivity index is 2.22. The van der Waals surface area contributed by atoms with Crippen molar-refractivity contribution in [3.63, 3.8) is 0 Å². The lowest BCUT2D eigenvalue weighted by molar-refractivity contribution is 0.324. The number of para-hydroxylation sites is 1. The summed E-state index contributed by atoms with van der Waals surface area (Å²) in [4.78, 5) is 0. The third-order valence-corrected chi connectivity index (χ3v) is 3.77. The average Bonchev–Trinajstić information content (AvgIpc) is 2.52. The molecule has 2 aromatic carbocycles. The van der Waals surface area contributed by atoms with Crippen LogP contribution in [0.1, 0.15) is 5.56 Å². The second kappa shape index (κ2) is 7.22. The average molecular weight is 352 g/mol. The molecular weight excluding hydrogens is 334 g/mol. The summed E-state index contributed by atoms with van der Waals surface area (Å²) in [5.74, 6) is 1.91. The van der Waals surface area contributed by atoms with Crippen LogP contribution in [0.3, 0.4) is 0 Å². The lowest BCUT2D eigenvalue weighted by Gasteiger charge is -2.15. The summed E-state index contributed by atoms with van der Waals surface area (Å²) in [5.41, 5.74) is 2.08. The van der Waals surface area contributed by atoms with Gasteiger partial charge in [-0.25, -0.2) is 0 Å². The number of rotatable bonds is 6. The maximum atomic E-state index is 5.35. The standard InChI is InChI=1S/C16H18BrNO3/c1-19-14-8-11(9-15(20-2)16(14)21-3)10-18-13-7-5-4-6-12(13)17/h4-9,18H,10H2,1-3H3. The Morgan fingerprint density at radius 1 is 0.952 bits per heavy atom. The van der Waals surface area contributed by atoms with Crippen molar-refractivity contribution in [3.05, 3.63) is 46.4 Å². The number of halogens is 1. The number of hydrogen-bond donors (Lipinski definition) is 1. The Morgan fingerprint density at radius 3 is 2.10 bits per heavy atom. The summed E-state index contributed by atoms with van der Waals surface area (Å²) in [7, 11) is 4.82. The zero-order valence-corrected chi connectivity index (χ0v) is 13.9. The van der Waals surface area contributed by atoms with Crippen molar-refractivity contribution in [3.8, 4) is 17.2 Å². The molecule has 0 saturated carbocycles. The normalized spacial score (nSPS) is 10.1. The van der Waals surface area contributed by atoms with Crippen LogP contribution < -0.4 is 19.5 Å². The lowest BCUT2D eigenvalue weighted by atomic mass is 10.1. The highest BCUT2D eigenvalue weighted by Crippen LogP contribution is 2.38. The summed E-state index contributed by atoms with van der Waals surface area (Å²) in [6, 6.07) is 11.9. The number of benzene rings is 2. The lowest BCUT2D eigenvalue weighted by Crippen LogP contribution is -2.02. The van der Waals surface area contributed by atoms with Gasteiger partial charge in [0.15, 0.2) is 11.5 Å². The molecule has 0 atom stereocenters. The van der Waals surface area contributed by atoms with E-state index in [2.05, 4.69) is 21.2 Å². The van der Waals surface area contributed by atoms with E-state index in [1.54, 1.807) is 21.3 Å². The third-order valence-electron chi connectivity index (χ3n) is 3.08. The van der Waals surface area contributed by atoms with Crippen LogP contribution in [0.5, 0.6) is 17.2 Å². The minimum atomic E-state index is 0.602. The monoisotopic (exact) mass is 351 g/mol. The fourth-order valence-corrected chi connectivity index (χ4v) is 2.46.